The summed E-state index contributed by atoms with van der Waals surface area (Å²) < 4.78 is 25.7. The van der Waals surface area contributed by atoms with Crippen molar-refractivity contribution in [2.75, 3.05) is 11.5 Å². The highest BCUT2D eigenvalue weighted by atomic mass is 32.2. The lowest BCUT2D eigenvalue weighted by Gasteiger charge is -2.20. The number of rotatable bonds is 4. The maximum Gasteiger partial charge on any atom is 0.266 e. The van der Waals surface area contributed by atoms with Gasteiger partial charge in [-0.15, -0.1) is 0 Å². The van der Waals surface area contributed by atoms with Gasteiger partial charge in [-0.05, 0) is 50.1 Å². The first-order chi connectivity index (χ1) is 16.6. The highest BCUT2D eigenvalue weighted by Crippen LogP contribution is 2.37. The van der Waals surface area contributed by atoms with Crippen molar-refractivity contribution in [1.82, 2.24) is 14.3 Å². The van der Waals surface area contributed by atoms with Gasteiger partial charge in [0, 0.05) is 11.1 Å². The predicted molar refractivity (Wildman–Crippen MR) is 144 cm³/mol. The number of aryl methyl sites for hydroxylation is 2. The van der Waals surface area contributed by atoms with Crippen LogP contribution in [0.25, 0.3) is 11.7 Å². The Kier molecular flexibility index (Phi) is 6.37. The van der Waals surface area contributed by atoms with Gasteiger partial charge in [-0.2, -0.15) is 0 Å². The summed E-state index contributed by atoms with van der Waals surface area (Å²) in [6, 6.07) is 11.1. The van der Waals surface area contributed by atoms with E-state index in [9.17, 15) is 18.0 Å². The molecule has 4 heterocycles. The fourth-order valence-corrected chi connectivity index (χ4v) is 8.08. The summed E-state index contributed by atoms with van der Waals surface area (Å²) >= 11 is 7.87. The monoisotopic (exact) mass is 543 g/mol. The van der Waals surface area contributed by atoms with E-state index in [4.69, 9.17) is 17.2 Å². The Balaban J connectivity index is 1.60. The molecule has 3 aromatic rings. The first-order valence-corrected chi connectivity index (χ1v) is 14.7. The highest BCUT2D eigenvalue weighted by Gasteiger charge is 2.42. The standard InChI is InChI=1S/C24H21N3O4S4/c1-14-5-7-17(8-6-14)33-21-18(22(28)26-10-3-4-15(2)20(26)25-21)12-19-23(29)27(24(32)34-19)16-9-11-35(30,31)13-16/h3-8,10,12,16H,9,11,13H2,1-2H3. The van der Waals surface area contributed by atoms with Gasteiger partial charge < -0.3 is 0 Å². The zero-order valence-corrected chi connectivity index (χ0v) is 22.2. The largest absolute Gasteiger partial charge is 0.289 e. The van der Waals surface area contributed by atoms with Crippen molar-refractivity contribution >= 4 is 67.5 Å². The minimum atomic E-state index is -3.18. The van der Waals surface area contributed by atoms with E-state index in [1.807, 2.05) is 44.2 Å². The summed E-state index contributed by atoms with van der Waals surface area (Å²) in [5.74, 6) is -0.427. The number of thiocarbonyl (C=S) groups is 1. The normalized spacial score (nSPS) is 20.9. The third-order valence-electron chi connectivity index (χ3n) is 5.96. The summed E-state index contributed by atoms with van der Waals surface area (Å²) in [4.78, 5) is 34.2. The van der Waals surface area contributed by atoms with Crippen LogP contribution in [-0.2, 0) is 14.6 Å². The van der Waals surface area contributed by atoms with Crippen LogP contribution >= 0.6 is 35.7 Å². The number of thioether (sulfide) groups is 1. The predicted octanol–water partition coefficient (Wildman–Crippen LogP) is 3.85. The summed E-state index contributed by atoms with van der Waals surface area (Å²) in [7, 11) is -3.18. The molecular weight excluding hydrogens is 523 g/mol. The van der Waals surface area contributed by atoms with Crippen LogP contribution in [0, 0.1) is 13.8 Å². The minimum absolute atomic E-state index is 0.0421. The number of sulfone groups is 1. The lowest BCUT2D eigenvalue weighted by atomic mass is 10.2. The number of hydrogen-bond donors (Lipinski definition) is 0. The van der Waals surface area contributed by atoms with Crippen LogP contribution in [-0.4, -0.2) is 50.5 Å². The van der Waals surface area contributed by atoms with Crippen LogP contribution in [0.5, 0.6) is 0 Å². The average molecular weight is 544 g/mol. The van der Waals surface area contributed by atoms with Crippen molar-refractivity contribution in [3.8, 4) is 0 Å². The highest BCUT2D eigenvalue weighted by molar-refractivity contribution is 8.26. The number of nitrogens with zero attached hydrogens (tertiary/aromatic N) is 3. The molecule has 5 rings (SSSR count). The van der Waals surface area contributed by atoms with Gasteiger partial charge in [-0.25, -0.2) is 13.4 Å². The fraction of sp³-hybridized carbons (Fsp3) is 0.250. The molecule has 1 atom stereocenters. The van der Waals surface area contributed by atoms with Gasteiger partial charge in [0.15, 0.2) is 9.84 Å². The van der Waals surface area contributed by atoms with Gasteiger partial charge in [0.1, 0.15) is 15.0 Å². The van der Waals surface area contributed by atoms with E-state index in [0.717, 1.165) is 27.8 Å². The molecule has 0 bridgehead atoms. The van der Waals surface area contributed by atoms with E-state index < -0.39 is 15.9 Å². The van der Waals surface area contributed by atoms with Crippen molar-refractivity contribution in [3.05, 3.63) is 74.5 Å². The average Bonchev–Trinajstić information content (AvgIpc) is 3.30. The third kappa shape index (κ3) is 4.69. The molecule has 2 aromatic heterocycles. The second-order valence-electron chi connectivity index (χ2n) is 8.54. The molecule has 1 aromatic carbocycles. The van der Waals surface area contributed by atoms with Gasteiger partial charge in [-0.3, -0.25) is 18.9 Å². The van der Waals surface area contributed by atoms with Gasteiger partial charge in [0.25, 0.3) is 11.5 Å². The Labute approximate surface area is 216 Å². The fourth-order valence-electron chi connectivity index (χ4n) is 4.12. The van der Waals surface area contributed by atoms with Crippen LogP contribution in [0.2, 0.25) is 0 Å². The SMILES string of the molecule is Cc1ccc(Sc2nc3c(C)cccn3c(=O)c2C=C2SC(=S)N(C3CCS(=O)(=O)C3)C2=O)cc1. The molecule has 2 aliphatic rings. The number of carbonyl (C=O) groups is 1. The summed E-state index contributed by atoms with van der Waals surface area (Å²) in [6.07, 6.45) is 3.56. The molecule has 0 aliphatic carbocycles. The number of benzene rings is 1. The number of carbonyl (C=O) groups excluding carboxylic acids is 1. The van der Waals surface area contributed by atoms with E-state index in [0.29, 0.717) is 27.0 Å². The smallest absolute Gasteiger partial charge is 0.266 e. The number of aromatic nitrogens is 2. The van der Waals surface area contributed by atoms with Crippen molar-refractivity contribution in [2.45, 2.75) is 36.2 Å². The van der Waals surface area contributed by atoms with E-state index >= 15 is 0 Å². The molecule has 1 amide bonds. The van der Waals surface area contributed by atoms with Gasteiger partial charge in [0.2, 0.25) is 0 Å². The zero-order chi connectivity index (χ0) is 24.9. The molecule has 1 unspecified atom stereocenters. The van der Waals surface area contributed by atoms with Crippen LogP contribution in [0.1, 0.15) is 23.1 Å². The molecule has 180 valence electrons. The van der Waals surface area contributed by atoms with Crippen LogP contribution < -0.4 is 5.56 Å². The molecule has 0 radical (unpaired) electrons. The first-order valence-electron chi connectivity index (χ1n) is 10.9. The third-order valence-corrected chi connectivity index (χ3v) is 10.1. The molecule has 0 saturated carbocycles. The molecule has 2 saturated heterocycles. The topological polar surface area (TPSA) is 88.8 Å². The molecular formula is C24H21N3O4S4. The Morgan fingerprint density at radius 1 is 1.17 bits per heavy atom. The quantitative estimate of drug-likeness (QED) is 0.279. The Bertz CT molecular complexity index is 1580. The molecule has 2 fully saturated rings. The second-order valence-corrected chi connectivity index (χ2v) is 13.5. The van der Waals surface area contributed by atoms with Crippen molar-refractivity contribution in [2.24, 2.45) is 0 Å². The molecule has 2 aliphatic heterocycles. The maximum absolute atomic E-state index is 13.6. The summed E-state index contributed by atoms with van der Waals surface area (Å²) in [5, 5.41) is 0.488. The van der Waals surface area contributed by atoms with Crippen molar-refractivity contribution in [3.63, 3.8) is 0 Å². The van der Waals surface area contributed by atoms with Crippen LogP contribution in [0.4, 0.5) is 0 Å². The van der Waals surface area contributed by atoms with Crippen LogP contribution in [0.15, 0.2) is 62.2 Å². The van der Waals surface area contributed by atoms with Gasteiger partial charge >= 0.3 is 0 Å². The van der Waals surface area contributed by atoms with E-state index in [-0.39, 0.29) is 27.9 Å². The minimum Gasteiger partial charge on any atom is -0.289 e. The van der Waals surface area contributed by atoms with Crippen molar-refractivity contribution in [1.29, 1.82) is 0 Å². The van der Waals surface area contributed by atoms with Gasteiger partial charge in [-0.1, -0.05) is 59.5 Å². The molecule has 0 N–H and O–H groups in total. The second kappa shape index (κ2) is 9.20. The lowest BCUT2D eigenvalue weighted by molar-refractivity contribution is -0.123. The molecule has 7 nitrogen and oxygen atoms in total. The Morgan fingerprint density at radius 3 is 2.60 bits per heavy atom. The van der Waals surface area contributed by atoms with E-state index in [1.54, 1.807) is 18.3 Å². The van der Waals surface area contributed by atoms with Gasteiger partial charge in [0.05, 0.1) is 28.0 Å². The van der Waals surface area contributed by atoms with Crippen molar-refractivity contribution < 1.29 is 13.2 Å². The number of pyridine rings is 1. The Hall–Kier alpha value is -2.47. The molecule has 0 spiro atoms. The summed E-state index contributed by atoms with van der Waals surface area (Å²) in [6.45, 7) is 3.89. The number of amides is 1. The molecule has 35 heavy (non-hydrogen) atoms. The van der Waals surface area contributed by atoms with Crippen LogP contribution in [0.3, 0.4) is 0 Å². The number of fused-ring (bicyclic) bond motifs is 1. The zero-order valence-electron chi connectivity index (χ0n) is 18.9. The first kappa shape index (κ1) is 24.2. The van der Waals surface area contributed by atoms with E-state index in [2.05, 4.69) is 0 Å². The summed E-state index contributed by atoms with van der Waals surface area (Å²) in [5.41, 5.74) is 2.53. The lowest BCUT2D eigenvalue weighted by Crippen LogP contribution is -2.39. The Morgan fingerprint density at radius 2 is 1.91 bits per heavy atom. The number of hydrogen-bond acceptors (Lipinski definition) is 8. The van der Waals surface area contributed by atoms with E-state index in [1.165, 1.54) is 21.1 Å². The maximum atomic E-state index is 13.6. The molecule has 11 heteroatoms.